The maximum absolute atomic E-state index is 14.7. The summed E-state index contributed by atoms with van der Waals surface area (Å²) in [4.78, 5) is 35.3. The average Bonchev–Trinajstić information content (AvgIpc) is 2.84. The van der Waals surface area contributed by atoms with Gasteiger partial charge in [-0.3, -0.25) is 4.79 Å². The lowest BCUT2D eigenvalue weighted by Gasteiger charge is -2.17. The number of ether oxygens (including phenoxy) is 5. The Morgan fingerprint density at radius 1 is 0.789 bits per heavy atom. The molecule has 0 aliphatic rings. The molecule has 0 amide bonds. The predicted molar refractivity (Wildman–Crippen MR) is 139 cm³/mol. The summed E-state index contributed by atoms with van der Waals surface area (Å²) in [6.07, 6.45) is 0. The zero-order valence-electron chi connectivity index (χ0n) is 22.4. The monoisotopic (exact) mass is 528 g/mol. The van der Waals surface area contributed by atoms with Crippen LogP contribution in [0.3, 0.4) is 0 Å². The number of carbonyl (C=O) groups is 3. The van der Waals surface area contributed by atoms with Crippen LogP contribution >= 0.6 is 0 Å². The van der Waals surface area contributed by atoms with Crippen LogP contribution in [0.5, 0.6) is 17.2 Å². The molecule has 0 unspecified atom stereocenters. The third kappa shape index (κ3) is 9.06. The molecule has 38 heavy (non-hydrogen) atoms. The Morgan fingerprint density at radius 3 is 2.03 bits per heavy atom. The van der Waals surface area contributed by atoms with Gasteiger partial charge in [0.2, 0.25) is 0 Å². The zero-order valence-corrected chi connectivity index (χ0v) is 22.4. The van der Waals surface area contributed by atoms with E-state index in [-0.39, 0.29) is 49.3 Å². The van der Waals surface area contributed by atoms with Crippen molar-refractivity contribution >= 4 is 17.9 Å². The Balaban J connectivity index is 2.21. The highest BCUT2D eigenvalue weighted by atomic mass is 19.1. The molecule has 8 nitrogen and oxygen atoms in total. The summed E-state index contributed by atoms with van der Waals surface area (Å²) < 4.78 is 41.5. The highest BCUT2D eigenvalue weighted by Crippen LogP contribution is 2.35. The summed E-state index contributed by atoms with van der Waals surface area (Å²) in [6, 6.07) is 9.02. The molecule has 204 valence electrons. The molecule has 0 spiro atoms. The Bertz CT molecular complexity index is 1210. The van der Waals surface area contributed by atoms with Gasteiger partial charge in [0, 0.05) is 22.8 Å². The second-order valence-electron chi connectivity index (χ2n) is 9.47. The van der Waals surface area contributed by atoms with Crippen molar-refractivity contribution in [3.8, 4) is 28.4 Å². The van der Waals surface area contributed by atoms with Gasteiger partial charge in [-0.1, -0.05) is 19.2 Å². The molecular weight excluding hydrogens is 495 g/mol. The Kier molecular flexibility index (Phi) is 10.6. The lowest BCUT2D eigenvalue weighted by Crippen LogP contribution is -2.24. The molecule has 9 heteroatoms. The first-order valence-electron chi connectivity index (χ1n) is 11.9. The van der Waals surface area contributed by atoms with Crippen LogP contribution in [0.4, 0.5) is 4.39 Å². The van der Waals surface area contributed by atoms with E-state index in [1.807, 2.05) is 0 Å². The van der Waals surface area contributed by atoms with Crippen molar-refractivity contribution in [1.82, 2.24) is 0 Å². The van der Waals surface area contributed by atoms with Crippen molar-refractivity contribution in [3.05, 3.63) is 66.5 Å². The van der Waals surface area contributed by atoms with Crippen LogP contribution in [-0.4, -0.2) is 44.3 Å². The van der Waals surface area contributed by atoms with Gasteiger partial charge in [-0.25, -0.2) is 14.0 Å². The summed E-state index contributed by atoms with van der Waals surface area (Å²) >= 11 is 0. The molecule has 2 rings (SSSR count). The van der Waals surface area contributed by atoms with E-state index in [1.54, 1.807) is 45.0 Å². The third-order valence-electron chi connectivity index (χ3n) is 4.87. The molecule has 2 aromatic carbocycles. The fraction of sp³-hybridized carbons (Fsp3) is 0.345. The van der Waals surface area contributed by atoms with Crippen molar-refractivity contribution < 1.29 is 42.5 Å². The van der Waals surface area contributed by atoms with Gasteiger partial charge in [-0.2, -0.15) is 0 Å². The first-order valence-corrected chi connectivity index (χ1v) is 11.9. The summed E-state index contributed by atoms with van der Waals surface area (Å²) in [5.74, 6) is -1.87. The second-order valence-corrected chi connectivity index (χ2v) is 9.47. The topological polar surface area (TPSA) is 97.4 Å². The fourth-order valence-corrected chi connectivity index (χ4v) is 2.81. The minimum Gasteiger partial charge on any atom is -0.490 e. The Hall–Kier alpha value is -4.14. The lowest BCUT2D eigenvalue weighted by atomic mass is 9.97. The molecule has 0 N–H and O–H groups in total. The van der Waals surface area contributed by atoms with E-state index in [0.717, 1.165) is 0 Å². The van der Waals surface area contributed by atoms with E-state index < -0.39 is 23.2 Å². The first kappa shape index (κ1) is 30.1. The van der Waals surface area contributed by atoms with E-state index >= 15 is 0 Å². The number of esters is 3. The van der Waals surface area contributed by atoms with Gasteiger partial charge in [0.05, 0.1) is 5.41 Å². The number of halogens is 1. The summed E-state index contributed by atoms with van der Waals surface area (Å²) in [5, 5.41) is 0. The van der Waals surface area contributed by atoms with Gasteiger partial charge in [0.25, 0.3) is 0 Å². The zero-order chi connectivity index (χ0) is 28.5. The fourth-order valence-electron chi connectivity index (χ4n) is 2.81. The SMILES string of the molecule is C=C(C)C(=O)OCCOc1cc(OCCOC(=O)C(C)(C)C)ccc1-c1ccc(OC(=O)C(=C)C)c(F)c1. The Morgan fingerprint density at radius 2 is 1.42 bits per heavy atom. The van der Waals surface area contributed by atoms with Gasteiger partial charge in [-0.05, 0) is 64.4 Å². The summed E-state index contributed by atoms with van der Waals surface area (Å²) in [6.45, 7) is 15.4. The molecular formula is C29H33FO8. The molecule has 2 aromatic rings. The summed E-state index contributed by atoms with van der Waals surface area (Å²) in [5.41, 5.74) is 0.734. The van der Waals surface area contributed by atoms with E-state index in [4.69, 9.17) is 23.7 Å². The minimum atomic E-state index is -0.751. The smallest absolute Gasteiger partial charge is 0.338 e. The Labute approximate surface area is 222 Å². The quantitative estimate of drug-likeness (QED) is 0.156. The van der Waals surface area contributed by atoms with Gasteiger partial charge >= 0.3 is 17.9 Å². The molecule has 0 saturated carbocycles. The van der Waals surface area contributed by atoms with Gasteiger partial charge in [0.1, 0.15) is 37.9 Å². The van der Waals surface area contributed by atoms with E-state index in [0.29, 0.717) is 22.6 Å². The van der Waals surface area contributed by atoms with Crippen molar-refractivity contribution in [2.75, 3.05) is 26.4 Å². The molecule has 0 aliphatic heterocycles. The second kappa shape index (κ2) is 13.4. The minimum absolute atomic E-state index is 0.00938. The third-order valence-corrected chi connectivity index (χ3v) is 4.87. The molecule has 0 bridgehead atoms. The number of hydrogen-bond acceptors (Lipinski definition) is 8. The molecule has 0 radical (unpaired) electrons. The van der Waals surface area contributed by atoms with E-state index in [9.17, 15) is 18.8 Å². The largest absolute Gasteiger partial charge is 0.490 e. The maximum Gasteiger partial charge on any atom is 0.338 e. The molecule has 0 saturated heterocycles. The number of carbonyl (C=O) groups excluding carboxylic acids is 3. The van der Waals surface area contributed by atoms with Crippen molar-refractivity contribution in [2.24, 2.45) is 5.41 Å². The van der Waals surface area contributed by atoms with Crippen molar-refractivity contribution in [3.63, 3.8) is 0 Å². The van der Waals surface area contributed by atoms with Crippen molar-refractivity contribution in [2.45, 2.75) is 34.6 Å². The summed E-state index contributed by atoms with van der Waals surface area (Å²) in [7, 11) is 0. The number of benzene rings is 2. The molecule has 0 aromatic heterocycles. The van der Waals surface area contributed by atoms with Gasteiger partial charge < -0.3 is 23.7 Å². The normalized spacial score (nSPS) is 10.8. The molecule has 0 atom stereocenters. The highest BCUT2D eigenvalue weighted by Gasteiger charge is 2.22. The number of hydrogen-bond donors (Lipinski definition) is 0. The maximum atomic E-state index is 14.7. The first-order chi connectivity index (χ1) is 17.8. The van der Waals surface area contributed by atoms with Crippen LogP contribution in [0.1, 0.15) is 34.6 Å². The molecule has 0 fully saturated rings. The van der Waals surface area contributed by atoms with Crippen LogP contribution in [-0.2, 0) is 23.9 Å². The van der Waals surface area contributed by atoms with Crippen LogP contribution in [0.15, 0.2) is 60.7 Å². The van der Waals surface area contributed by atoms with E-state index in [2.05, 4.69) is 13.2 Å². The highest BCUT2D eigenvalue weighted by molar-refractivity contribution is 5.89. The number of rotatable bonds is 12. The van der Waals surface area contributed by atoms with E-state index in [1.165, 1.54) is 26.0 Å². The standard InChI is InChI=1S/C29H33FO8/c1-18(2)26(31)36-14-13-35-25-17-21(34-12-15-37-28(33)29(5,6)7)9-10-22(25)20-8-11-24(23(30)16-20)38-27(32)19(3)4/h8-11,16-17H,1,3,12-15H2,2,4-7H3. The van der Waals surface area contributed by atoms with Crippen LogP contribution in [0, 0.1) is 11.2 Å². The van der Waals surface area contributed by atoms with Gasteiger partial charge in [-0.15, -0.1) is 0 Å². The van der Waals surface area contributed by atoms with Crippen LogP contribution in [0.2, 0.25) is 0 Å². The molecule has 0 heterocycles. The molecule has 0 aliphatic carbocycles. The van der Waals surface area contributed by atoms with Crippen LogP contribution < -0.4 is 14.2 Å². The predicted octanol–water partition coefficient (Wildman–Crippen LogP) is 5.44. The average molecular weight is 529 g/mol. The van der Waals surface area contributed by atoms with Crippen molar-refractivity contribution in [1.29, 1.82) is 0 Å². The van der Waals surface area contributed by atoms with Gasteiger partial charge in [0.15, 0.2) is 11.6 Å². The van der Waals surface area contributed by atoms with Crippen LogP contribution in [0.25, 0.3) is 11.1 Å². The lowest BCUT2D eigenvalue weighted by molar-refractivity contribution is -0.153.